The van der Waals surface area contributed by atoms with E-state index in [9.17, 15) is 4.79 Å². The quantitative estimate of drug-likeness (QED) is 0.462. The highest BCUT2D eigenvalue weighted by Gasteiger charge is 2.17. The van der Waals surface area contributed by atoms with Gasteiger partial charge in [-0.15, -0.1) is 0 Å². The van der Waals surface area contributed by atoms with Gasteiger partial charge in [0.1, 0.15) is 6.10 Å². The summed E-state index contributed by atoms with van der Waals surface area (Å²) in [6.07, 6.45) is 7.02. The Hall–Kier alpha value is -1.35. The molecule has 0 aliphatic heterocycles. The minimum atomic E-state index is -0.220. The number of methoxy groups -OCH3 is 1. The van der Waals surface area contributed by atoms with Gasteiger partial charge in [-0.1, -0.05) is 53.0 Å². The second-order valence-corrected chi connectivity index (χ2v) is 7.35. The van der Waals surface area contributed by atoms with Crippen LogP contribution in [0.25, 0.3) is 0 Å². The standard InChI is InChI=1S/C22H36O3/c1-6-9-18-13-19(10-7-2)15-20(14-18)22(23)25-21(16-24-5)12-8-11-17(3)4/h13-15,17,21H,6-12,16H2,1-5H3. The van der Waals surface area contributed by atoms with Crippen molar-refractivity contribution >= 4 is 5.97 Å². The normalized spacial score (nSPS) is 12.4. The molecule has 3 nitrogen and oxygen atoms in total. The summed E-state index contributed by atoms with van der Waals surface area (Å²) in [5, 5.41) is 0. The second kappa shape index (κ2) is 12.1. The fraction of sp³-hybridized carbons (Fsp3) is 0.682. The van der Waals surface area contributed by atoms with E-state index in [0.717, 1.165) is 44.9 Å². The lowest BCUT2D eigenvalue weighted by Crippen LogP contribution is -2.23. The van der Waals surface area contributed by atoms with Crippen LogP contribution in [0.2, 0.25) is 0 Å². The molecule has 0 aliphatic carbocycles. The van der Waals surface area contributed by atoms with Crippen molar-refractivity contribution < 1.29 is 14.3 Å². The largest absolute Gasteiger partial charge is 0.456 e. The maximum absolute atomic E-state index is 12.7. The third kappa shape index (κ3) is 8.53. The predicted octanol–water partition coefficient (Wildman–Crippen LogP) is 5.59. The van der Waals surface area contributed by atoms with Gasteiger partial charge in [0.05, 0.1) is 12.2 Å². The van der Waals surface area contributed by atoms with E-state index in [1.54, 1.807) is 7.11 Å². The molecule has 0 saturated carbocycles. The molecule has 142 valence electrons. The Morgan fingerprint density at radius 3 is 2.08 bits per heavy atom. The van der Waals surface area contributed by atoms with Crippen LogP contribution in [0.4, 0.5) is 0 Å². The van der Waals surface area contributed by atoms with Crippen LogP contribution in [-0.4, -0.2) is 25.8 Å². The van der Waals surface area contributed by atoms with Crippen LogP contribution in [0.5, 0.6) is 0 Å². The van der Waals surface area contributed by atoms with Crippen LogP contribution >= 0.6 is 0 Å². The highest BCUT2D eigenvalue weighted by atomic mass is 16.6. The molecule has 25 heavy (non-hydrogen) atoms. The number of carbonyl (C=O) groups is 1. The zero-order valence-electron chi connectivity index (χ0n) is 16.8. The SMILES string of the molecule is CCCc1cc(CCC)cc(C(=O)OC(CCCC(C)C)COC)c1. The van der Waals surface area contributed by atoms with Crippen molar-refractivity contribution in [3.63, 3.8) is 0 Å². The fourth-order valence-electron chi connectivity index (χ4n) is 3.08. The maximum atomic E-state index is 12.7. The number of hydrogen-bond donors (Lipinski definition) is 0. The van der Waals surface area contributed by atoms with Crippen molar-refractivity contribution in [2.75, 3.05) is 13.7 Å². The molecule has 0 aliphatic rings. The Kier molecular flexibility index (Phi) is 10.5. The van der Waals surface area contributed by atoms with Gasteiger partial charge in [0, 0.05) is 7.11 Å². The van der Waals surface area contributed by atoms with Gasteiger partial charge in [0.25, 0.3) is 0 Å². The minimum Gasteiger partial charge on any atom is -0.456 e. The van der Waals surface area contributed by atoms with Gasteiger partial charge in [0.2, 0.25) is 0 Å². The average molecular weight is 349 g/mol. The van der Waals surface area contributed by atoms with Gasteiger partial charge >= 0.3 is 5.97 Å². The first-order valence-electron chi connectivity index (χ1n) is 9.82. The third-order valence-corrected chi connectivity index (χ3v) is 4.30. The molecular weight excluding hydrogens is 312 g/mol. The monoisotopic (exact) mass is 348 g/mol. The van der Waals surface area contributed by atoms with Gasteiger partial charge in [-0.25, -0.2) is 4.79 Å². The Labute approximate surface area is 154 Å². The number of aryl methyl sites for hydroxylation is 2. The summed E-state index contributed by atoms with van der Waals surface area (Å²) < 4.78 is 11.0. The van der Waals surface area contributed by atoms with Crippen molar-refractivity contribution in [2.24, 2.45) is 5.92 Å². The van der Waals surface area contributed by atoms with E-state index >= 15 is 0 Å². The Morgan fingerprint density at radius 2 is 1.60 bits per heavy atom. The molecule has 0 heterocycles. The maximum Gasteiger partial charge on any atom is 0.338 e. The number of carbonyl (C=O) groups excluding carboxylic acids is 1. The van der Waals surface area contributed by atoms with Crippen LogP contribution < -0.4 is 0 Å². The molecule has 1 aromatic rings. The van der Waals surface area contributed by atoms with Gasteiger partial charge < -0.3 is 9.47 Å². The fourth-order valence-corrected chi connectivity index (χ4v) is 3.08. The van der Waals surface area contributed by atoms with Crippen LogP contribution in [-0.2, 0) is 22.3 Å². The number of hydrogen-bond acceptors (Lipinski definition) is 3. The van der Waals surface area contributed by atoms with Gasteiger partial charge in [-0.3, -0.25) is 0 Å². The zero-order chi connectivity index (χ0) is 18.7. The van der Waals surface area contributed by atoms with Crippen LogP contribution in [0.3, 0.4) is 0 Å². The predicted molar refractivity (Wildman–Crippen MR) is 104 cm³/mol. The topological polar surface area (TPSA) is 35.5 Å². The van der Waals surface area contributed by atoms with Gasteiger partial charge in [-0.2, -0.15) is 0 Å². The minimum absolute atomic E-state index is 0.166. The first-order chi connectivity index (χ1) is 12.0. The van der Waals surface area contributed by atoms with Gasteiger partial charge in [0.15, 0.2) is 0 Å². The smallest absolute Gasteiger partial charge is 0.338 e. The molecular formula is C22H36O3. The molecule has 0 fully saturated rings. The van der Waals surface area contributed by atoms with E-state index in [0.29, 0.717) is 18.1 Å². The molecule has 1 aromatic carbocycles. The Balaban J connectivity index is 2.80. The Morgan fingerprint density at radius 1 is 1.00 bits per heavy atom. The molecule has 0 N–H and O–H groups in total. The molecule has 0 saturated heterocycles. The summed E-state index contributed by atoms with van der Waals surface area (Å²) in [6, 6.07) is 6.20. The second-order valence-electron chi connectivity index (χ2n) is 7.35. The van der Waals surface area contributed by atoms with Crippen molar-refractivity contribution in [1.29, 1.82) is 0 Å². The number of rotatable bonds is 12. The molecule has 0 bridgehead atoms. The van der Waals surface area contributed by atoms with E-state index in [1.165, 1.54) is 11.1 Å². The molecule has 0 amide bonds. The lowest BCUT2D eigenvalue weighted by molar-refractivity contribution is 0.00217. The summed E-state index contributed by atoms with van der Waals surface area (Å²) in [6.45, 7) is 9.21. The van der Waals surface area contributed by atoms with Crippen molar-refractivity contribution in [1.82, 2.24) is 0 Å². The van der Waals surface area contributed by atoms with Crippen LogP contribution in [0.15, 0.2) is 18.2 Å². The Bertz CT molecular complexity index is 484. The third-order valence-electron chi connectivity index (χ3n) is 4.30. The van der Waals surface area contributed by atoms with E-state index in [-0.39, 0.29) is 12.1 Å². The number of esters is 1. The van der Waals surface area contributed by atoms with E-state index in [2.05, 4.69) is 33.8 Å². The van der Waals surface area contributed by atoms with E-state index < -0.39 is 0 Å². The van der Waals surface area contributed by atoms with Crippen molar-refractivity contribution in [3.8, 4) is 0 Å². The van der Waals surface area contributed by atoms with Crippen molar-refractivity contribution in [2.45, 2.75) is 78.7 Å². The molecule has 0 spiro atoms. The highest BCUT2D eigenvalue weighted by Crippen LogP contribution is 2.17. The average Bonchev–Trinajstić information content (AvgIpc) is 2.55. The summed E-state index contributed by atoms with van der Waals surface area (Å²) in [4.78, 5) is 12.7. The molecule has 1 rings (SSSR count). The lowest BCUT2D eigenvalue weighted by Gasteiger charge is -2.18. The molecule has 3 heteroatoms. The van der Waals surface area contributed by atoms with Crippen LogP contribution in [0.1, 0.15) is 81.3 Å². The van der Waals surface area contributed by atoms with Crippen molar-refractivity contribution in [3.05, 3.63) is 34.9 Å². The summed E-state index contributed by atoms with van der Waals surface area (Å²) in [5.74, 6) is 0.447. The summed E-state index contributed by atoms with van der Waals surface area (Å²) in [7, 11) is 1.66. The van der Waals surface area contributed by atoms with E-state index in [1.807, 2.05) is 12.1 Å². The van der Waals surface area contributed by atoms with Gasteiger partial charge in [-0.05, 0) is 54.9 Å². The zero-order valence-corrected chi connectivity index (χ0v) is 16.8. The van der Waals surface area contributed by atoms with E-state index in [4.69, 9.17) is 9.47 Å². The number of ether oxygens (including phenoxy) is 2. The molecule has 0 aromatic heterocycles. The highest BCUT2D eigenvalue weighted by molar-refractivity contribution is 5.90. The summed E-state index contributed by atoms with van der Waals surface area (Å²) in [5.41, 5.74) is 3.13. The molecule has 1 unspecified atom stereocenters. The number of benzene rings is 1. The van der Waals surface area contributed by atoms with Crippen LogP contribution in [0, 0.1) is 5.92 Å². The first-order valence-corrected chi connectivity index (χ1v) is 9.82. The first kappa shape index (κ1) is 21.7. The summed E-state index contributed by atoms with van der Waals surface area (Å²) >= 11 is 0. The molecule has 1 atom stereocenters. The molecule has 0 radical (unpaired) electrons. The lowest BCUT2D eigenvalue weighted by atomic mass is 10.00.